The number of rotatable bonds is 2. The lowest BCUT2D eigenvalue weighted by atomic mass is 10.1. The van der Waals surface area contributed by atoms with Crippen LogP contribution >= 0.6 is 11.3 Å². The monoisotopic (exact) mass is 332 g/mol. The quantitative estimate of drug-likeness (QED) is 0.655. The molecule has 0 radical (unpaired) electrons. The number of carbonyl (C=O) groups is 2. The molecule has 1 aliphatic rings. The summed E-state index contributed by atoms with van der Waals surface area (Å²) in [4.78, 5) is 25.9. The number of carbonyl (C=O) groups excluding carboxylic acids is 2. The van der Waals surface area contributed by atoms with Crippen molar-refractivity contribution in [2.24, 2.45) is 0 Å². The first kappa shape index (κ1) is 15.7. The fourth-order valence-corrected chi connectivity index (χ4v) is 3.78. The van der Waals surface area contributed by atoms with Crippen molar-refractivity contribution < 1.29 is 14.0 Å². The van der Waals surface area contributed by atoms with Crippen LogP contribution in [0.25, 0.3) is 0 Å². The molecule has 0 saturated carbocycles. The Morgan fingerprint density at radius 3 is 2.43 bits per heavy atom. The summed E-state index contributed by atoms with van der Waals surface area (Å²) in [5, 5.41) is 0. The zero-order valence-corrected chi connectivity index (χ0v) is 13.3. The third kappa shape index (κ3) is 3.76. The second-order valence-electron chi connectivity index (χ2n) is 5.53. The lowest BCUT2D eigenvalue weighted by molar-refractivity contribution is 0.0849. The van der Waals surface area contributed by atoms with Crippen LogP contribution in [0.5, 0.6) is 0 Å². The van der Waals surface area contributed by atoms with E-state index in [1.807, 2.05) is 6.07 Å². The minimum atomic E-state index is -0.475. The molecule has 6 heteroatoms. The normalized spacial score (nSPS) is 13.8. The highest BCUT2D eigenvalue weighted by atomic mass is 32.1. The molecule has 1 aromatic carbocycles. The molecule has 1 aromatic heterocycles. The largest absolute Gasteiger partial charge is 0.279 e. The Balaban J connectivity index is 1.61. The van der Waals surface area contributed by atoms with Crippen molar-refractivity contribution >= 4 is 23.2 Å². The fourth-order valence-electron chi connectivity index (χ4n) is 2.63. The summed E-state index contributed by atoms with van der Waals surface area (Å²) in [5.74, 6) is -1.21. The third-order valence-corrected chi connectivity index (χ3v) is 5.10. The summed E-state index contributed by atoms with van der Waals surface area (Å²) in [6, 6.07) is 7.05. The third-order valence-electron chi connectivity index (χ3n) is 3.87. The van der Waals surface area contributed by atoms with Crippen LogP contribution in [0.15, 0.2) is 30.3 Å². The van der Waals surface area contributed by atoms with Gasteiger partial charge < -0.3 is 0 Å². The van der Waals surface area contributed by atoms with Crippen LogP contribution in [0, 0.1) is 5.82 Å². The van der Waals surface area contributed by atoms with Gasteiger partial charge in [0, 0.05) is 10.4 Å². The number of nitrogens with one attached hydrogen (secondary N) is 2. The first-order valence-electron chi connectivity index (χ1n) is 7.61. The van der Waals surface area contributed by atoms with E-state index in [4.69, 9.17) is 0 Å². The maximum atomic E-state index is 12.8. The lowest BCUT2D eigenvalue weighted by Gasteiger charge is -2.06. The summed E-state index contributed by atoms with van der Waals surface area (Å²) in [5.41, 5.74) is 6.31. The molecule has 1 aliphatic carbocycles. The molecule has 23 heavy (non-hydrogen) atoms. The molecular formula is C17H17FN2O2S. The van der Waals surface area contributed by atoms with Crippen LogP contribution < -0.4 is 10.9 Å². The van der Waals surface area contributed by atoms with Gasteiger partial charge in [-0.1, -0.05) is 6.42 Å². The number of benzene rings is 1. The number of aryl methyl sites for hydroxylation is 2. The van der Waals surface area contributed by atoms with Gasteiger partial charge in [-0.25, -0.2) is 4.39 Å². The van der Waals surface area contributed by atoms with E-state index in [1.54, 1.807) is 0 Å². The van der Waals surface area contributed by atoms with Crippen LogP contribution in [-0.4, -0.2) is 11.8 Å². The van der Waals surface area contributed by atoms with Crippen molar-refractivity contribution in [1.82, 2.24) is 10.9 Å². The Hall–Kier alpha value is -2.21. The molecule has 0 unspecified atom stereocenters. The van der Waals surface area contributed by atoms with Gasteiger partial charge in [0.1, 0.15) is 5.82 Å². The number of halogens is 1. The SMILES string of the molecule is O=C(NNC(=O)c1cc2c(s1)CCCCC2)c1ccc(F)cc1. The first-order valence-corrected chi connectivity index (χ1v) is 8.43. The molecular weight excluding hydrogens is 315 g/mol. The number of fused-ring (bicyclic) bond motifs is 1. The van der Waals surface area contributed by atoms with E-state index in [1.165, 1.54) is 52.5 Å². The Morgan fingerprint density at radius 1 is 0.957 bits per heavy atom. The zero-order valence-electron chi connectivity index (χ0n) is 12.5. The number of amides is 2. The van der Waals surface area contributed by atoms with E-state index in [2.05, 4.69) is 10.9 Å². The molecule has 2 aromatic rings. The highest BCUT2D eigenvalue weighted by molar-refractivity contribution is 7.14. The Morgan fingerprint density at radius 2 is 1.65 bits per heavy atom. The second kappa shape index (κ2) is 6.91. The number of hydrogen-bond donors (Lipinski definition) is 2. The van der Waals surface area contributed by atoms with Crippen LogP contribution in [-0.2, 0) is 12.8 Å². The Kier molecular flexibility index (Phi) is 4.71. The Labute approximate surface area is 137 Å². The summed E-state index contributed by atoms with van der Waals surface area (Å²) in [6.07, 6.45) is 5.59. The minimum absolute atomic E-state index is 0.286. The van der Waals surface area contributed by atoms with Gasteiger partial charge in [-0.3, -0.25) is 20.4 Å². The van der Waals surface area contributed by atoms with E-state index in [-0.39, 0.29) is 11.5 Å². The Bertz CT molecular complexity index is 701. The van der Waals surface area contributed by atoms with Crippen molar-refractivity contribution in [3.05, 3.63) is 57.0 Å². The minimum Gasteiger partial charge on any atom is -0.267 e. The van der Waals surface area contributed by atoms with Gasteiger partial charge in [-0.05, 0) is 61.6 Å². The van der Waals surface area contributed by atoms with E-state index in [0.29, 0.717) is 4.88 Å². The summed E-state index contributed by atoms with van der Waals surface area (Å²) in [6.45, 7) is 0. The smallest absolute Gasteiger partial charge is 0.267 e. The number of thiophene rings is 1. The molecule has 1 heterocycles. The van der Waals surface area contributed by atoms with Crippen molar-refractivity contribution in [1.29, 1.82) is 0 Å². The van der Waals surface area contributed by atoms with Gasteiger partial charge in [-0.15, -0.1) is 11.3 Å². The molecule has 4 nitrogen and oxygen atoms in total. The zero-order chi connectivity index (χ0) is 16.2. The summed E-state index contributed by atoms with van der Waals surface area (Å²) >= 11 is 1.49. The highest BCUT2D eigenvalue weighted by Crippen LogP contribution is 2.28. The standard InChI is InChI=1S/C17H17FN2O2S/c18-13-8-6-11(7-9-13)16(21)19-20-17(22)15-10-12-4-2-1-3-5-14(12)23-15/h6-10H,1-5H2,(H,19,21)(H,20,22). The number of hydrazine groups is 1. The van der Waals surface area contributed by atoms with Gasteiger partial charge in [0.05, 0.1) is 4.88 Å². The maximum absolute atomic E-state index is 12.8. The number of hydrogen-bond acceptors (Lipinski definition) is 3. The maximum Gasteiger partial charge on any atom is 0.279 e. The molecule has 0 spiro atoms. The van der Waals surface area contributed by atoms with Crippen molar-refractivity contribution in [2.75, 3.05) is 0 Å². The molecule has 0 atom stereocenters. The predicted octanol–water partition coefficient (Wildman–Crippen LogP) is 3.23. The van der Waals surface area contributed by atoms with E-state index >= 15 is 0 Å². The average molecular weight is 332 g/mol. The van der Waals surface area contributed by atoms with E-state index in [9.17, 15) is 14.0 Å². The summed E-state index contributed by atoms with van der Waals surface area (Å²) < 4.78 is 12.8. The molecule has 0 saturated heterocycles. The molecule has 2 N–H and O–H groups in total. The molecule has 0 aliphatic heterocycles. The summed E-state index contributed by atoms with van der Waals surface area (Å²) in [7, 11) is 0. The van der Waals surface area contributed by atoms with Crippen molar-refractivity contribution in [3.63, 3.8) is 0 Å². The average Bonchev–Trinajstić information content (AvgIpc) is 2.84. The van der Waals surface area contributed by atoms with Gasteiger partial charge in [0.15, 0.2) is 0 Å². The molecule has 3 rings (SSSR count). The molecule has 2 amide bonds. The second-order valence-corrected chi connectivity index (χ2v) is 6.67. The fraction of sp³-hybridized carbons (Fsp3) is 0.294. The van der Waals surface area contributed by atoms with Crippen molar-refractivity contribution in [3.8, 4) is 0 Å². The van der Waals surface area contributed by atoms with Gasteiger partial charge in [-0.2, -0.15) is 0 Å². The van der Waals surface area contributed by atoms with Crippen LogP contribution in [0.4, 0.5) is 4.39 Å². The molecule has 120 valence electrons. The highest BCUT2D eigenvalue weighted by Gasteiger charge is 2.17. The van der Waals surface area contributed by atoms with Crippen molar-refractivity contribution in [2.45, 2.75) is 32.1 Å². The van der Waals surface area contributed by atoms with E-state index < -0.39 is 11.7 Å². The van der Waals surface area contributed by atoms with E-state index in [0.717, 1.165) is 25.7 Å². The van der Waals surface area contributed by atoms with Crippen LogP contribution in [0.3, 0.4) is 0 Å². The van der Waals surface area contributed by atoms with Crippen LogP contribution in [0.2, 0.25) is 0 Å². The topological polar surface area (TPSA) is 58.2 Å². The molecule has 0 bridgehead atoms. The van der Waals surface area contributed by atoms with Gasteiger partial charge in [0.2, 0.25) is 0 Å². The predicted molar refractivity (Wildman–Crippen MR) is 86.9 cm³/mol. The lowest BCUT2D eigenvalue weighted by Crippen LogP contribution is -2.41. The first-order chi connectivity index (χ1) is 11.1. The van der Waals surface area contributed by atoms with Gasteiger partial charge in [0.25, 0.3) is 11.8 Å². The molecule has 0 fully saturated rings. The van der Waals surface area contributed by atoms with Gasteiger partial charge >= 0.3 is 0 Å². The van der Waals surface area contributed by atoms with Crippen LogP contribution in [0.1, 0.15) is 49.7 Å².